The minimum atomic E-state index is -0.824. The molecule has 0 aliphatic heterocycles. The SMILES string of the molecule is COc1ccc(OC)c(CCN(C)CC(=O)O)c1. The van der Waals surface area contributed by atoms with E-state index in [0.29, 0.717) is 13.0 Å². The molecule has 0 saturated carbocycles. The molecule has 0 unspecified atom stereocenters. The molecule has 0 spiro atoms. The topological polar surface area (TPSA) is 59.0 Å². The van der Waals surface area contributed by atoms with Crippen LogP contribution in [0, 0.1) is 0 Å². The number of hydrogen-bond donors (Lipinski definition) is 1. The number of aliphatic carboxylic acids is 1. The maximum atomic E-state index is 10.6. The molecule has 0 heterocycles. The van der Waals surface area contributed by atoms with Gasteiger partial charge in [-0.25, -0.2) is 0 Å². The van der Waals surface area contributed by atoms with Crippen LogP contribution in [0.2, 0.25) is 0 Å². The van der Waals surface area contributed by atoms with Gasteiger partial charge < -0.3 is 14.6 Å². The number of nitrogens with zero attached hydrogens (tertiary/aromatic N) is 1. The zero-order valence-electron chi connectivity index (χ0n) is 11.0. The maximum Gasteiger partial charge on any atom is 0.317 e. The average Bonchev–Trinajstić information content (AvgIpc) is 2.35. The average molecular weight is 253 g/mol. The highest BCUT2D eigenvalue weighted by molar-refractivity contribution is 5.69. The summed E-state index contributed by atoms with van der Waals surface area (Å²) in [6.07, 6.45) is 0.712. The van der Waals surface area contributed by atoms with E-state index in [0.717, 1.165) is 17.1 Å². The zero-order valence-corrected chi connectivity index (χ0v) is 11.0. The lowest BCUT2D eigenvalue weighted by Gasteiger charge is -2.15. The molecule has 0 fully saturated rings. The van der Waals surface area contributed by atoms with E-state index in [1.165, 1.54) is 0 Å². The van der Waals surface area contributed by atoms with Crippen molar-refractivity contribution in [2.45, 2.75) is 6.42 Å². The first kappa shape index (κ1) is 14.3. The second kappa shape index (κ2) is 6.86. The van der Waals surface area contributed by atoms with Crippen LogP contribution in [0.4, 0.5) is 0 Å². The first-order valence-corrected chi connectivity index (χ1v) is 5.68. The van der Waals surface area contributed by atoms with Gasteiger partial charge >= 0.3 is 5.97 Å². The van der Waals surface area contributed by atoms with Gasteiger partial charge in [-0.3, -0.25) is 9.69 Å². The standard InChI is InChI=1S/C13H19NO4/c1-14(9-13(15)16)7-6-10-8-11(17-2)4-5-12(10)18-3/h4-5,8H,6-7,9H2,1-3H3,(H,15,16). The Morgan fingerprint density at radius 1 is 1.33 bits per heavy atom. The number of rotatable bonds is 7. The highest BCUT2D eigenvalue weighted by atomic mass is 16.5. The molecule has 0 bridgehead atoms. The molecule has 0 aliphatic carbocycles. The van der Waals surface area contributed by atoms with Crippen LogP contribution in [0.5, 0.6) is 11.5 Å². The van der Waals surface area contributed by atoms with Gasteiger partial charge in [-0.15, -0.1) is 0 Å². The second-order valence-electron chi connectivity index (χ2n) is 4.06. The van der Waals surface area contributed by atoms with Crippen molar-refractivity contribution in [3.05, 3.63) is 23.8 Å². The van der Waals surface area contributed by atoms with Gasteiger partial charge in [-0.1, -0.05) is 0 Å². The maximum absolute atomic E-state index is 10.6. The van der Waals surface area contributed by atoms with Gasteiger partial charge in [0.2, 0.25) is 0 Å². The summed E-state index contributed by atoms with van der Waals surface area (Å²) in [4.78, 5) is 12.3. The Labute approximate surface area is 107 Å². The summed E-state index contributed by atoms with van der Waals surface area (Å²) in [5.74, 6) is 0.737. The largest absolute Gasteiger partial charge is 0.497 e. The predicted molar refractivity (Wildman–Crippen MR) is 68.4 cm³/mol. The van der Waals surface area contributed by atoms with Gasteiger partial charge in [0.1, 0.15) is 11.5 Å². The van der Waals surface area contributed by atoms with E-state index in [1.807, 2.05) is 18.2 Å². The summed E-state index contributed by atoms with van der Waals surface area (Å²) >= 11 is 0. The summed E-state index contributed by atoms with van der Waals surface area (Å²) in [5, 5.41) is 8.68. The monoisotopic (exact) mass is 253 g/mol. The Bertz CT molecular complexity index is 406. The number of methoxy groups -OCH3 is 2. The number of ether oxygens (including phenoxy) is 2. The third-order valence-corrected chi connectivity index (χ3v) is 2.66. The fourth-order valence-corrected chi connectivity index (χ4v) is 1.70. The Kier molecular flexibility index (Phi) is 5.45. The molecule has 100 valence electrons. The molecule has 5 nitrogen and oxygen atoms in total. The van der Waals surface area contributed by atoms with Gasteiger partial charge in [-0.05, 0) is 37.2 Å². The quantitative estimate of drug-likeness (QED) is 0.792. The summed E-state index contributed by atoms with van der Waals surface area (Å²) in [7, 11) is 5.01. The number of benzene rings is 1. The fourth-order valence-electron chi connectivity index (χ4n) is 1.70. The number of carbonyl (C=O) groups is 1. The van der Waals surface area contributed by atoms with Crippen molar-refractivity contribution in [1.82, 2.24) is 4.90 Å². The Hall–Kier alpha value is -1.75. The summed E-state index contributed by atoms with van der Waals surface area (Å²) in [6.45, 7) is 0.683. The minimum absolute atomic E-state index is 0.0340. The van der Waals surface area contributed by atoms with E-state index in [1.54, 1.807) is 26.2 Å². The van der Waals surface area contributed by atoms with Gasteiger partial charge in [0, 0.05) is 6.54 Å². The van der Waals surface area contributed by atoms with Crippen LogP contribution in [0.25, 0.3) is 0 Å². The van der Waals surface area contributed by atoms with E-state index in [4.69, 9.17) is 14.6 Å². The number of hydrogen-bond acceptors (Lipinski definition) is 4. The van der Waals surface area contributed by atoms with Crippen molar-refractivity contribution in [3.8, 4) is 11.5 Å². The molecule has 0 radical (unpaired) electrons. The third-order valence-electron chi connectivity index (χ3n) is 2.66. The van der Waals surface area contributed by atoms with E-state index >= 15 is 0 Å². The van der Waals surface area contributed by atoms with Crippen LogP contribution >= 0.6 is 0 Å². The Morgan fingerprint density at radius 3 is 2.61 bits per heavy atom. The lowest BCUT2D eigenvalue weighted by molar-refractivity contribution is -0.137. The summed E-state index contributed by atoms with van der Waals surface area (Å²) in [5.41, 5.74) is 1.01. The molecule has 0 atom stereocenters. The highest BCUT2D eigenvalue weighted by Gasteiger charge is 2.08. The Balaban J connectivity index is 2.67. The predicted octanol–water partition coefficient (Wildman–Crippen LogP) is 1.26. The zero-order chi connectivity index (χ0) is 13.5. The second-order valence-corrected chi connectivity index (χ2v) is 4.06. The van der Waals surface area contributed by atoms with Crippen LogP contribution < -0.4 is 9.47 Å². The molecule has 1 aromatic carbocycles. The summed E-state index contributed by atoms with van der Waals surface area (Å²) in [6, 6.07) is 5.60. The van der Waals surface area contributed by atoms with Crippen LogP contribution in [-0.4, -0.2) is 50.3 Å². The molecular weight excluding hydrogens is 234 g/mol. The van der Waals surface area contributed by atoms with Crippen molar-refractivity contribution in [2.24, 2.45) is 0 Å². The molecular formula is C13H19NO4. The molecule has 0 amide bonds. The molecule has 0 aromatic heterocycles. The van der Waals surface area contributed by atoms with E-state index in [2.05, 4.69) is 0 Å². The first-order chi connectivity index (χ1) is 8.56. The molecule has 0 aliphatic rings. The first-order valence-electron chi connectivity index (χ1n) is 5.68. The lowest BCUT2D eigenvalue weighted by atomic mass is 10.1. The molecule has 0 saturated heterocycles. The van der Waals surface area contributed by atoms with Gasteiger partial charge in [0.15, 0.2) is 0 Å². The smallest absolute Gasteiger partial charge is 0.317 e. The van der Waals surface area contributed by atoms with Crippen molar-refractivity contribution in [3.63, 3.8) is 0 Å². The Morgan fingerprint density at radius 2 is 2.06 bits per heavy atom. The lowest BCUT2D eigenvalue weighted by Crippen LogP contribution is -2.27. The van der Waals surface area contributed by atoms with Crippen LogP contribution in [0.3, 0.4) is 0 Å². The van der Waals surface area contributed by atoms with Crippen molar-refractivity contribution >= 4 is 5.97 Å². The molecule has 18 heavy (non-hydrogen) atoms. The fraction of sp³-hybridized carbons (Fsp3) is 0.462. The molecule has 1 aromatic rings. The van der Waals surface area contributed by atoms with Crippen molar-refractivity contribution < 1.29 is 19.4 Å². The van der Waals surface area contributed by atoms with Crippen LogP contribution in [0.1, 0.15) is 5.56 Å². The van der Waals surface area contributed by atoms with E-state index < -0.39 is 5.97 Å². The van der Waals surface area contributed by atoms with Gasteiger partial charge in [-0.2, -0.15) is 0 Å². The number of carboxylic acid groups (broad SMARTS) is 1. The van der Waals surface area contributed by atoms with Gasteiger partial charge in [0.25, 0.3) is 0 Å². The van der Waals surface area contributed by atoms with Crippen LogP contribution in [-0.2, 0) is 11.2 Å². The van der Waals surface area contributed by atoms with Crippen molar-refractivity contribution in [1.29, 1.82) is 0 Å². The number of likely N-dealkylation sites (N-methyl/N-ethyl adjacent to an activating group) is 1. The summed E-state index contributed by atoms with van der Waals surface area (Å²) < 4.78 is 10.4. The van der Waals surface area contributed by atoms with Crippen LogP contribution in [0.15, 0.2) is 18.2 Å². The molecule has 1 N–H and O–H groups in total. The molecule has 1 rings (SSSR count). The van der Waals surface area contributed by atoms with Gasteiger partial charge in [0.05, 0.1) is 20.8 Å². The molecule has 5 heteroatoms. The number of carboxylic acids is 1. The third kappa shape index (κ3) is 4.25. The van der Waals surface area contributed by atoms with E-state index in [9.17, 15) is 4.79 Å². The highest BCUT2D eigenvalue weighted by Crippen LogP contribution is 2.24. The normalized spacial score (nSPS) is 10.4. The van der Waals surface area contributed by atoms with E-state index in [-0.39, 0.29) is 6.54 Å². The van der Waals surface area contributed by atoms with Crippen molar-refractivity contribution in [2.75, 3.05) is 34.4 Å². The minimum Gasteiger partial charge on any atom is -0.497 e.